The van der Waals surface area contributed by atoms with Gasteiger partial charge < -0.3 is 4.90 Å². The molecular weight excluding hydrogens is 298 g/mol. The molecule has 0 spiro atoms. The second-order valence-corrected chi connectivity index (χ2v) is 6.69. The molecule has 0 radical (unpaired) electrons. The van der Waals surface area contributed by atoms with Crippen LogP contribution >= 0.6 is 0 Å². The molecule has 2 aromatic heterocycles. The van der Waals surface area contributed by atoms with E-state index in [9.17, 15) is 8.42 Å². The van der Waals surface area contributed by atoms with Crippen LogP contribution in [0.1, 0.15) is 0 Å². The van der Waals surface area contributed by atoms with Gasteiger partial charge in [0, 0.05) is 13.1 Å². The number of hydrogen-bond donors (Lipinski definition) is 2. The summed E-state index contributed by atoms with van der Waals surface area (Å²) in [4.78, 5) is 18.1. The Morgan fingerprint density at radius 2 is 1.86 bits per heavy atom. The van der Waals surface area contributed by atoms with Gasteiger partial charge in [-0.3, -0.25) is 5.43 Å². The van der Waals surface area contributed by atoms with E-state index in [2.05, 4.69) is 30.5 Å². The average Bonchev–Trinajstić information content (AvgIpc) is 3.01. The lowest BCUT2D eigenvalue weighted by molar-refractivity contribution is 0.585. The van der Waals surface area contributed by atoms with E-state index >= 15 is 0 Å². The first-order valence-electron chi connectivity index (χ1n) is 6.10. The molecule has 0 aromatic carbocycles. The lowest BCUT2D eigenvalue weighted by Gasteiger charge is -2.26. The van der Waals surface area contributed by atoms with Crippen LogP contribution in [0.5, 0.6) is 0 Å². The van der Waals surface area contributed by atoms with Gasteiger partial charge in [-0.05, 0) is 0 Å². The summed E-state index contributed by atoms with van der Waals surface area (Å²) < 4.78 is 24.3. The Morgan fingerprint density at radius 3 is 2.48 bits per heavy atom. The van der Waals surface area contributed by atoms with E-state index < -0.39 is 9.84 Å². The van der Waals surface area contributed by atoms with Gasteiger partial charge in [0.2, 0.25) is 11.9 Å². The Hall–Kier alpha value is -2.34. The topological polar surface area (TPSA) is 145 Å². The van der Waals surface area contributed by atoms with Gasteiger partial charge >= 0.3 is 0 Å². The maximum Gasteiger partial charge on any atom is 0.258 e. The van der Waals surface area contributed by atoms with Crippen LogP contribution in [-0.2, 0) is 9.84 Å². The lowest BCUT2D eigenvalue weighted by Crippen LogP contribution is -2.41. The molecule has 1 saturated heterocycles. The van der Waals surface area contributed by atoms with Crippen LogP contribution in [0.3, 0.4) is 0 Å². The number of rotatable bonds is 3. The van der Waals surface area contributed by atoms with Crippen molar-refractivity contribution in [2.75, 3.05) is 34.9 Å². The van der Waals surface area contributed by atoms with Crippen LogP contribution < -0.4 is 16.2 Å². The van der Waals surface area contributed by atoms with Crippen molar-refractivity contribution in [1.29, 1.82) is 0 Å². The Bertz CT molecular complexity index is 716. The van der Waals surface area contributed by atoms with Gasteiger partial charge in [-0.25, -0.2) is 19.2 Å². The molecule has 0 aliphatic carbocycles. The van der Waals surface area contributed by atoms with E-state index in [1.807, 2.05) is 0 Å². The maximum absolute atomic E-state index is 11.5. The lowest BCUT2D eigenvalue weighted by atomic mass is 10.5. The van der Waals surface area contributed by atoms with E-state index in [1.165, 1.54) is 17.3 Å². The van der Waals surface area contributed by atoms with Crippen molar-refractivity contribution in [3.63, 3.8) is 0 Å². The summed E-state index contributed by atoms with van der Waals surface area (Å²) in [7, 11) is -2.97. The Kier molecular flexibility index (Phi) is 3.39. The molecule has 3 N–H and O–H groups in total. The minimum Gasteiger partial charge on any atom is -0.339 e. The molecule has 3 heterocycles. The zero-order chi connectivity index (χ0) is 14.9. The van der Waals surface area contributed by atoms with Crippen LogP contribution in [0.4, 0.5) is 11.9 Å². The number of nitrogens with two attached hydrogens (primary N) is 1. The molecule has 2 aromatic rings. The molecule has 0 unspecified atom stereocenters. The normalized spacial score (nSPS) is 17.7. The van der Waals surface area contributed by atoms with E-state index in [-0.39, 0.29) is 23.4 Å². The number of nitrogens with zero attached hydrogens (tertiary/aromatic N) is 7. The third-order valence-corrected chi connectivity index (χ3v) is 4.60. The molecule has 3 rings (SSSR count). The van der Waals surface area contributed by atoms with Crippen LogP contribution in [0, 0.1) is 0 Å². The molecule has 1 fully saturated rings. The predicted octanol–water partition coefficient (Wildman–Crippen LogP) is -2.03. The largest absolute Gasteiger partial charge is 0.339 e. The summed E-state index contributed by atoms with van der Waals surface area (Å²) in [5.74, 6) is 6.26. The summed E-state index contributed by atoms with van der Waals surface area (Å²) in [6, 6.07) is 0. The number of hydrazine groups is 1. The van der Waals surface area contributed by atoms with Gasteiger partial charge in [-0.2, -0.15) is 24.7 Å². The van der Waals surface area contributed by atoms with E-state index in [0.717, 1.165) is 0 Å². The SMILES string of the molecule is NNc1nc(N2CCS(=O)(=O)CC2)nc(-n2cncn2)n1. The molecule has 11 nitrogen and oxygen atoms in total. The fraction of sp³-hybridized carbons (Fsp3) is 0.444. The predicted molar refractivity (Wildman–Crippen MR) is 73.4 cm³/mol. The van der Waals surface area contributed by atoms with Gasteiger partial charge in [-0.15, -0.1) is 0 Å². The molecule has 0 bridgehead atoms. The number of nitrogens with one attached hydrogen (secondary N) is 1. The van der Waals surface area contributed by atoms with E-state index in [4.69, 9.17) is 5.84 Å². The summed E-state index contributed by atoms with van der Waals surface area (Å²) in [5.41, 5.74) is 2.36. The van der Waals surface area contributed by atoms with Gasteiger partial charge in [0.15, 0.2) is 9.84 Å². The van der Waals surface area contributed by atoms with Gasteiger partial charge in [0.25, 0.3) is 5.95 Å². The first-order valence-corrected chi connectivity index (χ1v) is 7.92. The highest BCUT2D eigenvalue weighted by molar-refractivity contribution is 7.91. The van der Waals surface area contributed by atoms with Crippen molar-refractivity contribution >= 4 is 21.7 Å². The average molecular weight is 311 g/mol. The van der Waals surface area contributed by atoms with Crippen molar-refractivity contribution in [2.24, 2.45) is 5.84 Å². The van der Waals surface area contributed by atoms with Crippen molar-refractivity contribution in [1.82, 2.24) is 29.7 Å². The van der Waals surface area contributed by atoms with Crippen LogP contribution in [0.15, 0.2) is 12.7 Å². The van der Waals surface area contributed by atoms with E-state index in [1.54, 1.807) is 4.90 Å². The second-order valence-electron chi connectivity index (χ2n) is 4.38. The van der Waals surface area contributed by atoms with Gasteiger partial charge in [0.05, 0.1) is 11.5 Å². The highest BCUT2D eigenvalue weighted by Gasteiger charge is 2.24. The standard InChI is InChI=1S/C9H13N9O2S/c10-16-7-13-8(17-1-3-21(19,20)4-2-17)15-9(14-7)18-6-11-5-12-18/h5-6H,1-4,10H2,(H,13,14,15,16). The molecule has 0 saturated carbocycles. The fourth-order valence-corrected chi connectivity index (χ4v) is 3.09. The summed E-state index contributed by atoms with van der Waals surface area (Å²) in [6.07, 6.45) is 2.80. The number of nitrogen functional groups attached to an aromatic ring is 1. The Balaban J connectivity index is 1.93. The molecule has 21 heavy (non-hydrogen) atoms. The zero-order valence-electron chi connectivity index (χ0n) is 10.9. The first kappa shape index (κ1) is 13.6. The third kappa shape index (κ3) is 2.90. The van der Waals surface area contributed by atoms with E-state index in [0.29, 0.717) is 19.0 Å². The summed E-state index contributed by atoms with van der Waals surface area (Å²) in [6.45, 7) is 0.653. The minimum absolute atomic E-state index is 0.0722. The van der Waals surface area contributed by atoms with Crippen LogP contribution in [0.25, 0.3) is 5.95 Å². The minimum atomic E-state index is -2.97. The molecule has 112 valence electrons. The van der Waals surface area contributed by atoms with Crippen LogP contribution in [0.2, 0.25) is 0 Å². The molecule has 12 heteroatoms. The fourth-order valence-electron chi connectivity index (χ4n) is 1.89. The van der Waals surface area contributed by atoms with Gasteiger partial charge in [-0.1, -0.05) is 0 Å². The number of aromatic nitrogens is 6. The Labute approximate surface area is 120 Å². The second kappa shape index (κ2) is 5.21. The smallest absolute Gasteiger partial charge is 0.258 e. The number of hydrogen-bond acceptors (Lipinski definition) is 10. The number of sulfone groups is 1. The summed E-state index contributed by atoms with van der Waals surface area (Å²) >= 11 is 0. The third-order valence-electron chi connectivity index (χ3n) is 2.99. The molecule has 0 amide bonds. The quantitative estimate of drug-likeness (QED) is 0.481. The molecule has 1 aliphatic heterocycles. The Morgan fingerprint density at radius 1 is 1.14 bits per heavy atom. The monoisotopic (exact) mass is 311 g/mol. The maximum atomic E-state index is 11.5. The summed E-state index contributed by atoms with van der Waals surface area (Å²) in [5, 5.41) is 3.94. The van der Waals surface area contributed by atoms with Crippen LogP contribution in [-0.4, -0.2) is 62.7 Å². The molecule has 0 atom stereocenters. The van der Waals surface area contributed by atoms with Crippen molar-refractivity contribution in [2.45, 2.75) is 0 Å². The molecular formula is C9H13N9O2S. The highest BCUT2D eigenvalue weighted by Crippen LogP contribution is 2.15. The van der Waals surface area contributed by atoms with Gasteiger partial charge in [0.1, 0.15) is 12.7 Å². The zero-order valence-corrected chi connectivity index (χ0v) is 11.7. The van der Waals surface area contributed by atoms with Crippen molar-refractivity contribution in [3.8, 4) is 5.95 Å². The molecule has 1 aliphatic rings. The van der Waals surface area contributed by atoms with Crippen molar-refractivity contribution in [3.05, 3.63) is 12.7 Å². The first-order chi connectivity index (χ1) is 10.1. The number of anilines is 2. The highest BCUT2D eigenvalue weighted by atomic mass is 32.2. The van der Waals surface area contributed by atoms with Crippen molar-refractivity contribution < 1.29 is 8.42 Å².